The number of carbonyl (C=O) groups excluding carboxylic acids is 1. The molecule has 5 nitrogen and oxygen atoms in total. The van der Waals surface area contributed by atoms with Gasteiger partial charge in [-0.3, -0.25) is 14.7 Å². The number of hydrogen-bond donors (Lipinski definition) is 1. The first-order valence-electron chi connectivity index (χ1n) is 7.61. The maximum atomic E-state index is 12.6. The molecule has 2 rings (SSSR count). The lowest BCUT2D eigenvalue weighted by molar-refractivity contribution is -0.141. The van der Waals surface area contributed by atoms with Gasteiger partial charge in [-0.2, -0.15) is 13.2 Å². The van der Waals surface area contributed by atoms with Crippen LogP contribution in [0.25, 0.3) is 0 Å². The minimum Gasteiger partial charge on any atom is -0.368 e. The number of pyridine rings is 1. The number of hydrogen-bond acceptors (Lipinski definition) is 4. The van der Waals surface area contributed by atoms with Gasteiger partial charge in [0, 0.05) is 32.4 Å². The lowest BCUT2D eigenvalue weighted by Crippen LogP contribution is -2.50. The van der Waals surface area contributed by atoms with E-state index in [2.05, 4.69) is 16.8 Å². The highest BCUT2D eigenvalue weighted by molar-refractivity contribution is 5.81. The Balaban J connectivity index is 2.12. The Morgan fingerprint density at radius 3 is 2.39 bits per heavy atom. The Morgan fingerprint density at radius 1 is 1.30 bits per heavy atom. The number of alkyl halides is 3. The zero-order chi connectivity index (χ0) is 17.0. The number of carbonyl (C=O) groups is 1. The lowest BCUT2D eigenvalue weighted by Gasteiger charge is -2.38. The van der Waals surface area contributed by atoms with Crippen molar-refractivity contribution in [3.63, 3.8) is 0 Å². The fraction of sp³-hybridized carbons (Fsp3) is 0.600. The molecule has 128 valence electrons. The third-order valence-electron chi connectivity index (χ3n) is 3.97. The molecule has 0 spiro atoms. The minimum absolute atomic E-state index is 0.398. The maximum absolute atomic E-state index is 12.6. The van der Waals surface area contributed by atoms with Crippen molar-refractivity contribution in [1.29, 1.82) is 0 Å². The normalized spacial score (nSPS) is 18.8. The van der Waals surface area contributed by atoms with Crippen molar-refractivity contribution in [2.24, 2.45) is 5.73 Å². The second kappa shape index (κ2) is 7.27. The molecule has 1 atom stereocenters. The average molecular weight is 330 g/mol. The standard InChI is InChI=1S/C15H21F3N4O/c1-2-5-21-6-8-22(9-7-21)13(14(19)23)11-3-4-12(20-10-11)15(16,17)18/h3-4,10,13H,2,5-9H2,1H3,(H2,19,23). The van der Waals surface area contributed by atoms with Gasteiger partial charge in [-0.05, 0) is 24.6 Å². The molecule has 0 bridgehead atoms. The van der Waals surface area contributed by atoms with E-state index >= 15 is 0 Å². The van der Waals surface area contributed by atoms with Crippen molar-refractivity contribution in [2.45, 2.75) is 25.6 Å². The van der Waals surface area contributed by atoms with E-state index in [4.69, 9.17) is 5.73 Å². The van der Waals surface area contributed by atoms with Gasteiger partial charge in [0.2, 0.25) is 5.91 Å². The maximum Gasteiger partial charge on any atom is 0.433 e. The molecule has 0 radical (unpaired) electrons. The SMILES string of the molecule is CCCN1CCN(C(C(N)=O)c2ccc(C(F)(F)F)nc2)CC1. The summed E-state index contributed by atoms with van der Waals surface area (Å²) in [6.45, 7) is 6.02. The van der Waals surface area contributed by atoms with Crippen LogP contribution in [0.4, 0.5) is 13.2 Å². The summed E-state index contributed by atoms with van der Waals surface area (Å²) in [5, 5.41) is 0. The molecule has 2 N–H and O–H groups in total. The van der Waals surface area contributed by atoms with Crippen molar-refractivity contribution in [3.05, 3.63) is 29.6 Å². The molecule has 1 aromatic heterocycles. The molecule has 1 fully saturated rings. The summed E-state index contributed by atoms with van der Waals surface area (Å²) < 4.78 is 37.7. The zero-order valence-electron chi connectivity index (χ0n) is 13.0. The summed E-state index contributed by atoms with van der Waals surface area (Å²) in [6.07, 6.45) is -2.34. The van der Waals surface area contributed by atoms with Crippen LogP contribution in [0, 0.1) is 0 Å². The van der Waals surface area contributed by atoms with E-state index in [1.807, 2.05) is 4.90 Å². The van der Waals surface area contributed by atoms with Crippen LogP contribution in [-0.4, -0.2) is 53.4 Å². The largest absolute Gasteiger partial charge is 0.433 e. The summed E-state index contributed by atoms with van der Waals surface area (Å²) in [4.78, 5) is 19.4. The Kier molecular flexibility index (Phi) is 5.59. The lowest BCUT2D eigenvalue weighted by atomic mass is 10.1. The molecule has 2 heterocycles. The van der Waals surface area contributed by atoms with Gasteiger partial charge < -0.3 is 10.6 Å². The van der Waals surface area contributed by atoms with Gasteiger partial charge in [-0.1, -0.05) is 13.0 Å². The second-order valence-corrected chi connectivity index (χ2v) is 5.66. The van der Waals surface area contributed by atoms with E-state index in [9.17, 15) is 18.0 Å². The fourth-order valence-electron chi connectivity index (χ4n) is 2.85. The van der Waals surface area contributed by atoms with E-state index in [1.54, 1.807) is 0 Å². The van der Waals surface area contributed by atoms with Crippen LogP contribution in [-0.2, 0) is 11.0 Å². The third-order valence-corrected chi connectivity index (χ3v) is 3.97. The Bertz CT molecular complexity index is 525. The summed E-state index contributed by atoms with van der Waals surface area (Å²) in [7, 11) is 0. The van der Waals surface area contributed by atoms with E-state index in [1.165, 1.54) is 6.07 Å². The topological polar surface area (TPSA) is 62.5 Å². The number of aromatic nitrogens is 1. The number of rotatable bonds is 5. The number of piperazine rings is 1. The number of halogens is 3. The van der Waals surface area contributed by atoms with Crippen molar-refractivity contribution < 1.29 is 18.0 Å². The van der Waals surface area contributed by atoms with Gasteiger partial charge in [0.25, 0.3) is 0 Å². The van der Waals surface area contributed by atoms with Crippen LogP contribution in [0.3, 0.4) is 0 Å². The molecule has 0 aliphatic carbocycles. The molecular formula is C15H21F3N4O. The van der Waals surface area contributed by atoms with Crippen molar-refractivity contribution in [1.82, 2.24) is 14.8 Å². The number of primary amides is 1. The van der Waals surface area contributed by atoms with Crippen LogP contribution < -0.4 is 5.73 Å². The van der Waals surface area contributed by atoms with Gasteiger partial charge in [0.15, 0.2) is 0 Å². The highest BCUT2D eigenvalue weighted by atomic mass is 19.4. The molecule has 1 aromatic rings. The number of amides is 1. The third kappa shape index (κ3) is 4.42. The Labute approximate surface area is 133 Å². The summed E-state index contributed by atoms with van der Waals surface area (Å²) >= 11 is 0. The number of nitrogens with two attached hydrogens (primary N) is 1. The highest BCUT2D eigenvalue weighted by Gasteiger charge is 2.34. The van der Waals surface area contributed by atoms with Gasteiger partial charge in [-0.15, -0.1) is 0 Å². The van der Waals surface area contributed by atoms with Crippen molar-refractivity contribution >= 4 is 5.91 Å². The summed E-state index contributed by atoms with van der Waals surface area (Å²) in [6, 6.07) is 1.43. The molecule has 1 saturated heterocycles. The molecule has 23 heavy (non-hydrogen) atoms. The smallest absolute Gasteiger partial charge is 0.368 e. The predicted octanol–water partition coefficient (Wildman–Crippen LogP) is 1.65. The Morgan fingerprint density at radius 2 is 1.96 bits per heavy atom. The molecule has 0 aromatic carbocycles. The number of nitrogens with zero attached hydrogens (tertiary/aromatic N) is 3. The quantitative estimate of drug-likeness (QED) is 0.892. The molecule has 1 aliphatic heterocycles. The van der Waals surface area contributed by atoms with Crippen LogP contribution in [0.5, 0.6) is 0 Å². The first kappa shape index (κ1) is 17.7. The average Bonchev–Trinajstić information content (AvgIpc) is 2.49. The van der Waals surface area contributed by atoms with E-state index in [0.29, 0.717) is 18.7 Å². The van der Waals surface area contributed by atoms with E-state index in [0.717, 1.165) is 38.3 Å². The summed E-state index contributed by atoms with van der Waals surface area (Å²) in [5.74, 6) is -0.574. The van der Waals surface area contributed by atoms with Gasteiger partial charge in [-0.25, -0.2) is 0 Å². The zero-order valence-corrected chi connectivity index (χ0v) is 13.0. The molecular weight excluding hydrogens is 309 g/mol. The van der Waals surface area contributed by atoms with E-state index < -0.39 is 23.8 Å². The molecule has 8 heteroatoms. The molecule has 0 saturated carbocycles. The molecule has 1 unspecified atom stereocenters. The van der Waals surface area contributed by atoms with Crippen molar-refractivity contribution in [2.75, 3.05) is 32.7 Å². The highest BCUT2D eigenvalue weighted by Crippen LogP contribution is 2.29. The molecule has 1 amide bonds. The fourth-order valence-corrected chi connectivity index (χ4v) is 2.85. The van der Waals surface area contributed by atoms with Gasteiger partial charge in [0.1, 0.15) is 11.7 Å². The van der Waals surface area contributed by atoms with Crippen LogP contribution >= 0.6 is 0 Å². The van der Waals surface area contributed by atoms with Gasteiger partial charge in [0.05, 0.1) is 0 Å². The van der Waals surface area contributed by atoms with E-state index in [-0.39, 0.29) is 0 Å². The Hall–Kier alpha value is -1.67. The first-order chi connectivity index (χ1) is 10.8. The van der Waals surface area contributed by atoms with Crippen LogP contribution in [0.1, 0.15) is 30.6 Å². The predicted molar refractivity (Wildman–Crippen MR) is 79.5 cm³/mol. The van der Waals surface area contributed by atoms with Gasteiger partial charge >= 0.3 is 6.18 Å². The van der Waals surface area contributed by atoms with Crippen molar-refractivity contribution in [3.8, 4) is 0 Å². The first-order valence-corrected chi connectivity index (χ1v) is 7.61. The second-order valence-electron chi connectivity index (χ2n) is 5.66. The monoisotopic (exact) mass is 330 g/mol. The summed E-state index contributed by atoms with van der Waals surface area (Å²) in [5.41, 5.74) is 4.90. The minimum atomic E-state index is -4.49. The molecule has 1 aliphatic rings. The van der Waals surface area contributed by atoms with Crippen LogP contribution in [0.2, 0.25) is 0 Å². The van der Waals surface area contributed by atoms with Crippen LogP contribution in [0.15, 0.2) is 18.3 Å².